The number of hydrogen-bond acceptors (Lipinski definition) is 4. The molecule has 2 aromatic rings. The molecule has 0 saturated heterocycles. The molecule has 2 aromatic carbocycles. The van der Waals surface area contributed by atoms with Crippen LogP contribution in [0.3, 0.4) is 0 Å². The highest BCUT2D eigenvalue weighted by Gasteiger charge is 2.05. The third-order valence-corrected chi connectivity index (χ3v) is 2.73. The van der Waals surface area contributed by atoms with Gasteiger partial charge in [-0.3, -0.25) is 0 Å². The van der Waals surface area contributed by atoms with Crippen LogP contribution in [0.4, 0.5) is 0 Å². The van der Waals surface area contributed by atoms with E-state index >= 15 is 0 Å². The van der Waals surface area contributed by atoms with Crippen molar-refractivity contribution >= 4 is 11.7 Å². The second-order valence-electron chi connectivity index (χ2n) is 4.39. The quantitative estimate of drug-likeness (QED) is 0.497. The van der Waals surface area contributed by atoms with Crippen molar-refractivity contribution < 1.29 is 4.74 Å². The Hall–Kier alpha value is -3.33. The van der Waals surface area contributed by atoms with Crippen LogP contribution in [-0.2, 0) is 6.61 Å². The predicted molar refractivity (Wildman–Crippen MR) is 85.2 cm³/mol. The van der Waals surface area contributed by atoms with Gasteiger partial charge >= 0.3 is 0 Å². The van der Waals surface area contributed by atoms with Crippen LogP contribution in [0.2, 0.25) is 0 Å². The Bertz CT molecular complexity index is 728. The van der Waals surface area contributed by atoms with Crippen molar-refractivity contribution in [2.45, 2.75) is 6.61 Å². The summed E-state index contributed by atoms with van der Waals surface area (Å²) in [6.45, 7) is 0.442. The van der Waals surface area contributed by atoms with E-state index in [1.54, 1.807) is 18.2 Å². The van der Waals surface area contributed by atoms with E-state index in [1.807, 2.05) is 42.5 Å². The fourth-order valence-electron chi connectivity index (χ4n) is 1.73. The van der Waals surface area contributed by atoms with Gasteiger partial charge in [-0.05, 0) is 17.7 Å². The van der Waals surface area contributed by atoms with Crippen molar-refractivity contribution in [2.75, 3.05) is 0 Å². The molecule has 0 bridgehead atoms. The average Bonchev–Trinajstić information content (AvgIpc) is 2.55. The summed E-state index contributed by atoms with van der Waals surface area (Å²) >= 11 is 0. The lowest BCUT2D eigenvalue weighted by Crippen LogP contribution is -2.22. The summed E-state index contributed by atoms with van der Waals surface area (Å²) in [5, 5.41) is 16.3. The number of guanidine groups is 1. The molecule has 0 saturated carbocycles. The van der Waals surface area contributed by atoms with Crippen molar-refractivity contribution in [3.05, 3.63) is 65.7 Å². The van der Waals surface area contributed by atoms with Gasteiger partial charge in [0.1, 0.15) is 18.4 Å². The van der Waals surface area contributed by atoms with Crippen LogP contribution in [0, 0.1) is 11.3 Å². The number of nitrogens with two attached hydrogens (primary N) is 2. The number of ether oxygens (including phenoxy) is 1. The van der Waals surface area contributed by atoms with E-state index in [-0.39, 0.29) is 11.7 Å². The molecule has 0 atom stereocenters. The highest BCUT2D eigenvalue weighted by molar-refractivity contribution is 6.11. The average molecular weight is 293 g/mol. The van der Waals surface area contributed by atoms with Gasteiger partial charge < -0.3 is 16.2 Å². The Kier molecular flexibility index (Phi) is 5.10. The van der Waals surface area contributed by atoms with Gasteiger partial charge in [0.05, 0.1) is 0 Å². The Morgan fingerprint density at radius 1 is 1.05 bits per heavy atom. The number of benzene rings is 2. The first-order chi connectivity index (χ1) is 10.7. The molecule has 0 aliphatic carbocycles. The maximum Gasteiger partial charge on any atom is 0.211 e. The van der Waals surface area contributed by atoms with Crippen LogP contribution in [0.15, 0.2) is 64.8 Å². The first-order valence-electron chi connectivity index (χ1n) is 6.53. The van der Waals surface area contributed by atoms with Gasteiger partial charge in [0, 0.05) is 5.56 Å². The highest BCUT2D eigenvalue weighted by atomic mass is 16.5. The van der Waals surface area contributed by atoms with E-state index in [1.165, 1.54) is 0 Å². The van der Waals surface area contributed by atoms with Crippen molar-refractivity contribution in [2.24, 2.45) is 21.7 Å². The molecule has 0 aromatic heterocycles. The maximum absolute atomic E-state index is 9.12. The summed E-state index contributed by atoms with van der Waals surface area (Å²) in [4.78, 5) is 0. The molecule has 2 rings (SSSR count). The van der Waals surface area contributed by atoms with E-state index in [0.29, 0.717) is 17.9 Å². The molecule has 22 heavy (non-hydrogen) atoms. The van der Waals surface area contributed by atoms with E-state index < -0.39 is 0 Å². The molecule has 4 N–H and O–H groups in total. The summed E-state index contributed by atoms with van der Waals surface area (Å²) < 4.78 is 5.70. The smallest absolute Gasteiger partial charge is 0.211 e. The highest BCUT2D eigenvalue weighted by Crippen LogP contribution is 2.16. The third-order valence-electron chi connectivity index (χ3n) is 2.73. The molecule has 6 nitrogen and oxygen atoms in total. The molecular formula is C16H15N5O. The molecule has 0 heterocycles. The van der Waals surface area contributed by atoms with Gasteiger partial charge in [-0.1, -0.05) is 42.5 Å². The number of rotatable bonds is 5. The molecule has 0 fully saturated rings. The van der Waals surface area contributed by atoms with Gasteiger partial charge in [-0.2, -0.15) is 5.26 Å². The predicted octanol–water partition coefficient (Wildman–Crippen LogP) is 1.77. The van der Waals surface area contributed by atoms with Crippen LogP contribution in [0.25, 0.3) is 0 Å². The zero-order valence-electron chi connectivity index (χ0n) is 11.8. The van der Waals surface area contributed by atoms with Crippen LogP contribution in [0.1, 0.15) is 11.1 Å². The Labute approximate surface area is 128 Å². The van der Waals surface area contributed by atoms with Crippen LogP contribution >= 0.6 is 0 Å². The van der Waals surface area contributed by atoms with Crippen LogP contribution < -0.4 is 16.2 Å². The zero-order valence-corrected chi connectivity index (χ0v) is 11.8. The fourth-order valence-corrected chi connectivity index (χ4v) is 1.73. The van der Waals surface area contributed by atoms with Gasteiger partial charge in [0.25, 0.3) is 0 Å². The van der Waals surface area contributed by atoms with E-state index in [9.17, 15) is 0 Å². The summed E-state index contributed by atoms with van der Waals surface area (Å²) in [6.07, 6.45) is 0. The van der Waals surface area contributed by atoms with Crippen molar-refractivity contribution in [3.8, 4) is 11.8 Å². The van der Waals surface area contributed by atoms with Crippen molar-refractivity contribution in [1.82, 2.24) is 0 Å². The van der Waals surface area contributed by atoms with E-state index in [2.05, 4.69) is 10.2 Å². The van der Waals surface area contributed by atoms with Gasteiger partial charge in [0.2, 0.25) is 5.96 Å². The molecule has 0 aliphatic rings. The lowest BCUT2D eigenvalue weighted by atomic mass is 10.1. The molecule has 0 radical (unpaired) electrons. The lowest BCUT2D eigenvalue weighted by molar-refractivity contribution is 0.306. The number of nitriles is 1. The SMILES string of the molecule is N#C/C(=N\N=C(N)N)c1cccc(OCc2ccccc2)c1. The molecule has 0 aliphatic heterocycles. The van der Waals surface area contributed by atoms with Crippen molar-refractivity contribution in [1.29, 1.82) is 5.26 Å². The minimum atomic E-state index is -0.204. The van der Waals surface area contributed by atoms with Gasteiger partial charge in [0.15, 0.2) is 5.71 Å². The summed E-state index contributed by atoms with van der Waals surface area (Å²) in [7, 11) is 0. The molecule has 0 unspecified atom stereocenters. The molecule has 0 amide bonds. The largest absolute Gasteiger partial charge is 0.489 e. The summed E-state index contributed by atoms with van der Waals surface area (Å²) in [6, 6.07) is 18.8. The van der Waals surface area contributed by atoms with Gasteiger partial charge in [-0.15, -0.1) is 10.2 Å². The van der Waals surface area contributed by atoms with E-state index in [0.717, 1.165) is 5.56 Å². The number of hydrogen-bond donors (Lipinski definition) is 2. The van der Waals surface area contributed by atoms with Crippen LogP contribution in [-0.4, -0.2) is 11.7 Å². The normalized spacial score (nSPS) is 10.6. The van der Waals surface area contributed by atoms with Crippen LogP contribution in [0.5, 0.6) is 5.75 Å². The topological polar surface area (TPSA) is 110 Å². The van der Waals surface area contributed by atoms with E-state index in [4.69, 9.17) is 21.5 Å². The molecule has 6 heteroatoms. The number of nitrogens with zero attached hydrogens (tertiary/aromatic N) is 3. The summed E-state index contributed by atoms with van der Waals surface area (Å²) in [5.41, 5.74) is 12.2. The second kappa shape index (κ2) is 7.45. The first kappa shape index (κ1) is 15.1. The first-order valence-corrected chi connectivity index (χ1v) is 6.53. The second-order valence-corrected chi connectivity index (χ2v) is 4.39. The lowest BCUT2D eigenvalue weighted by Gasteiger charge is -2.07. The standard InChI is InChI=1S/C16H15N5O/c17-10-15(20-21-16(18)19)13-7-4-8-14(9-13)22-11-12-5-2-1-3-6-12/h1-9H,11H2,(H4,18,19,21)/b20-15+. The fraction of sp³-hybridized carbons (Fsp3) is 0.0625. The minimum absolute atomic E-state index is 0.110. The third kappa shape index (κ3) is 4.35. The minimum Gasteiger partial charge on any atom is -0.489 e. The maximum atomic E-state index is 9.12. The van der Waals surface area contributed by atoms with Crippen molar-refractivity contribution in [3.63, 3.8) is 0 Å². The monoisotopic (exact) mass is 293 g/mol. The Morgan fingerprint density at radius 3 is 2.50 bits per heavy atom. The molecule has 110 valence electrons. The zero-order chi connectivity index (χ0) is 15.8. The van der Waals surface area contributed by atoms with Gasteiger partial charge in [-0.25, -0.2) is 0 Å². The Balaban J connectivity index is 2.14. The summed E-state index contributed by atoms with van der Waals surface area (Å²) in [5.74, 6) is 0.429. The Morgan fingerprint density at radius 2 is 1.82 bits per heavy atom. The molecule has 0 spiro atoms. The molecular weight excluding hydrogens is 278 g/mol.